The van der Waals surface area contributed by atoms with E-state index in [-0.39, 0.29) is 30.2 Å². The summed E-state index contributed by atoms with van der Waals surface area (Å²) in [6.07, 6.45) is 0. The second kappa shape index (κ2) is 16.9. The molecule has 0 N–H and O–H groups in total. The molecule has 4 heteroatoms. The van der Waals surface area contributed by atoms with E-state index >= 15 is 0 Å². The van der Waals surface area contributed by atoms with Crippen LogP contribution in [0, 0.1) is 20.8 Å². The molecule has 0 radical (unpaired) electrons. The zero-order chi connectivity index (χ0) is 31.4. The molecule has 46 heavy (non-hydrogen) atoms. The molecular formula is C42H42Cl2SiZr-2. The Morgan fingerprint density at radius 2 is 1.22 bits per heavy atom. The Morgan fingerprint density at radius 3 is 1.91 bits per heavy atom. The van der Waals surface area contributed by atoms with Crippen molar-refractivity contribution in [3.63, 3.8) is 0 Å². The average molecular weight is 737 g/mol. The molecule has 0 saturated heterocycles. The van der Waals surface area contributed by atoms with Gasteiger partial charge in [-0.3, -0.25) is 0 Å². The molecule has 0 aliphatic rings. The van der Waals surface area contributed by atoms with Crippen molar-refractivity contribution in [2.45, 2.75) is 53.6 Å². The number of fused-ring (bicyclic) bond motifs is 3. The molecule has 0 fully saturated rings. The Morgan fingerprint density at radius 1 is 0.609 bits per heavy atom. The van der Waals surface area contributed by atoms with Gasteiger partial charge in [0.15, 0.2) is 0 Å². The first-order valence-corrected chi connectivity index (χ1v) is 21.7. The number of hydrogen-bond acceptors (Lipinski definition) is 0. The molecule has 0 bridgehead atoms. The number of aryl methyl sites for hydroxylation is 3. The van der Waals surface area contributed by atoms with E-state index in [1.165, 1.54) is 76.8 Å². The average Bonchev–Trinajstić information content (AvgIpc) is 3.62. The standard InChI is InChI=1S/C22H19.C18H17.C2H6Si.2ClH.Zr/c1-14-11-20-15(2)13-16(3)22(21(20)12-14)19-10-6-8-17-7-4-5-9-18(17)19;1-13(2)16-11-15-9-6-10-17(18(15)12-16)14-7-4-3-5-8-14;1-3-2;;;/h4-13H,1-3H3;3-13H,1-2H3;1-2H3;2*1H;/q2*-1;;;;+2/p-2. The topological polar surface area (TPSA) is 0 Å². The smallest absolute Gasteiger partial charge is 0.0113 e. The van der Waals surface area contributed by atoms with Gasteiger partial charge in [0, 0.05) is 0 Å². The van der Waals surface area contributed by atoms with Crippen LogP contribution < -0.4 is 24.8 Å². The minimum atomic E-state index is 0. The van der Waals surface area contributed by atoms with E-state index in [0.29, 0.717) is 5.92 Å². The van der Waals surface area contributed by atoms with Crippen molar-refractivity contribution in [2.24, 2.45) is 0 Å². The van der Waals surface area contributed by atoms with E-state index in [4.69, 9.17) is 0 Å². The Labute approximate surface area is 303 Å². The molecule has 0 aromatic heterocycles. The zero-order valence-corrected chi connectivity index (χ0v) is 32.9. The van der Waals surface area contributed by atoms with Crippen LogP contribution in [0.25, 0.3) is 54.6 Å². The second-order valence-electron chi connectivity index (χ2n) is 12.4. The molecule has 0 spiro atoms. The van der Waals surface area contributed by atoms with Crippen molar-refractivity contribution in [3.05, 3.63) is 144 Å². The summed E-state index contributed by atoms with van der Waals surface area (Å²) in [5, 5.41) is 8.11. The van der Waals surface area contributed by atoms with Crippen LogP contribution in [0.1, 0.15) is 42.0 Å². The van der Waals surface area contributed by atoms with Gasteiger partial charge in [-0.1, -0.05) is 129 Å². The van der Waals surface area contributed by atoms with Crippen LogP contribution in [0.15, 0.2) is 121 Å². The van der Waals surface area contributed by atoms with Gasteiger partial charge in [-0.25, -0.2) is 0 Å². The first-order valence-electron chi connectivity index (χ1n) is 15.6. The van der Waals surface area contributed by atoms with E-state index < -0.39 is 0 Å². The van der Waals surface area contributed by atoms with Gasteiger partial charge in [-0.2, -0.15) is 12.1 Å². The Balaban J connectivity index is 0.000000219. The molecule has 234 valence electrons. The maximum atomic E-state index is 2.34. The van der Waals surface area contributed by atoms with Crippen molar-refractivity contribution >= 4 is 37.8 Å². The van der Waals surface area contributed by atoms with E-state index in [2.05, 4.69) is 169 Å². The van der Waals surface area contributed by atoms with Crippen LogP contribution in [0.2, 0.25) is 13.1 Å². The summed E-state index contributed by atoms with van der Waals surface area (Å²) in [5.41, 5.74) is 11.0. The van der Waals surface area contributed by atoms with Gasteiger partial charge in [-0.15, -0.1) is 62.5 Å². The Hall–Kier alpha value is -2.74. The van der Waals surface area contributed by atoms with Gasteiger partial charge in [0.2, 0.25) is 0 Å². The first kappa shape index (κ1) is 37.7. The van der Waals surface area contributed by atoms with Crippen LogP contribution in [-0.4, -0.2) is 5.43 Å². The van der Waals surface area contributed by atoms with Crippen LogP contribution in [-0.2, 0) is 23.3 Å². The van der Waals surface area contributed by atoms with Gasteiger partial charge < -0.3 is 24.8 Å². The van der Waals surface area contributed by atoms with Crippen LogP contribution in [0.3, 0.4) is 0 Å². The van der Waals surface area contributed by atoms with E-state index in [1.54, 1.807) is 23.3 Å². The van der Waals surface area contributed by atoms with Gasteiger partial charge in [0.25, 0.3) is 0 Å². The van der Waals surface area contributed by atoms with Crippen molar-refractivity contribution in [1.82, 2.24) is 0 Å². The Kier molecular flexibility index (Phi) is 13.9. The number of benzene rings is 5. The van der Waals surface area contributed by atoms with Crippen molar-refractivity contribution < 1.29 is 48.1 Å². The summed E-state index contributed by atoms with van der Waals surface area (Å²) < 4.78 is 0. The summed E-state index contributed by atoms with van der Waals surface area (Å²) in [4.78, 5) is 0. The van der Waals surface area contributed by atoms with Crippen LogP contribution in [0.4, 0.5) is 0 Å². The molecule has 0 heterocycles. The maximum Gasteiger partial charge on any atom is -0.0113 e. The van der Waals surface area contributed by atoms with Gasteiger partial charge in [-0.05, 0) is 34.7 Å². The van der Waals surface area contributed by atoms with Gasteiger partial charge in [0.1, 0.15) is 0 Å². The molecule has 0 amide bonds. The summed E-state index contributed by atoms with van der Waals surface area (Å²) in [7, 11) is 0. The third-order valence-electron chi connectivity index (χ3n) is 8.14. The second-order valence-corrected chi connectivity index (χ2v) is 21.8. The summed E-state index contributed by atoms with van der Waals surface area (Å²) in [5.74, 6) is 0.584. The largest absolute Gasteiger partial charge is 1.00 e. The third kappa shape index (κ3) is 8.59. The molecule has 0 aliphatic carbocycles. The SMILES string of the molecule is CC(C)c1cc2c(-c3ccccc3)cccc2[cH-]1.C[Si](C)=[Zr+2].Cc1cc2c(-c3cccc4ccccc34)c(C)cc(C)c2[cH-]1.[Cl-].[Cl-]. The molecule has 7 aromatic carbocycles. The minimum absolute atomic E-state index is 0. The number of halogens is 2. The van der Waals surface area contributed by atoms with Gasteiger partial charge in [0.05, 0.1) is 0 Å². The van der Waals surface area contributed by atoms with E-state index in [0.717, 1.165) is 0 Å². The monoisotopic (exact) mass is 734 g/mol. The normalized spacial score (nSPS) is 10.5. The quantitative estimate of drug-likeness (QED) is 0.145. The summed E-state index contributed by atoms with van der Waals surface area (Å²) >= 11 is 1.74. The van der Waals surface area contributed by atoms with Crippen molar-refractivity contribution in [3.8, 4) is 22.3 Å². The van der Waals surface area contributed by atoms with Crippen molar-refractivity contribution in [2.75, 3.05) is 0 Å². The maximum absolute atomic E-state index is 2.34. The summed E-state index contributed by atoms with van der Waals surface area (Å²) in [6.45, 7) is 15.7. The molecule has 7 rings (SSSR count). The number of hydrogen-bond donors (Lipinski definition) is 0. The fourth-order valence-corrected chi connectivity index (χ4v) is 6.13. The van der Waals surface area contributed by atoms with E-state index in [9.17, 15) is 0 Å². The molecule has 0 nitrogen and oxygen atoms in total. The fraction of sp³-hybridized carbons (Fsp3) is 0.190. The fourth-order valence-electron chi connectivity index (χ4n) is 6.13. The predicted molar refractivity (Wildman–Crippen MR) is 193 cm³/mol. The molecule has 0 saturated carbocycles. The zero-order valence-electron chi connectivity index (χ0n) is 27.9. The molecule has 0 atom stereocenters. The Bertz CT molecular complexity index is 2060. The van der Waals surface area contributed by atoms with Crippen LogP contribution >= 0.6 is 0 Å². The van der Waals surface area contributed by atoms with Crippen LogP contribution in [0.5, 0.6) is 0 Å². The predicted octanol–water partition coefficient (Wildman–Crippen LogP) is 6.45. The molecule has 7 aromatic rings. The first-order chi connectivity index (χ1) is 21.1. The minimum Gasteiger partial charge on any atom is -1.00 e. The molecule has 0 unspecified atom stereocenters. The molecule has 0 aliphatic heterocycles. The third-order valence-corrected chi connectivity index (χ3v) is 8.14. The number of rotatable bonds is 3. The van der Waals surface area contributed by atoms with Crippen molar-refractivity contribution in [1.29, 1.82) is 0 Å². The molecular weight excluding hydrogens is 695 g/mol. The van der Waals surface area contributed by atoms with E-state index in [1.807, 2.05) is 0 Å². The summed E-state index contributed by atoms with van der Waals surface area (Å²) in [6, 6.07) is 44.0. The van der Waals surface area contributed by atoms with Gasteiger partial charge >= 0.3 is 41.9 Å².